The van der Waals surface area contributed by atoms with Crippen LogP contribution in [0.2, 0.25) is 0 Å². The third kappa shape index (κ3) is 4.06. The number of rotatable bonds is 5. The highest BCUT2D eigenvalue weighted by Crippen LogP contribution is 2.46. The third-order valence-electron chi connectivity index (χ3n) is 6.29. The van der Waals surface area contributed by atoms with Crippen molar-refractivity contribution in [1.82, 2.24) is 0 Å². The molecular formula is C29H25NO4S. The van der Waals surface area contributed by atoms with Crippen LogP contribution in [0.1, 0.15) is 25.3 Å². The number of sulfonamides is 1. The Labute approximate surface area is 204 Å². The number of fused-ring (bicyclic) bond motifs is 2. The molecule has 0 aliphatic rings. The van der Waals surface area contributed by atoms with Crippen molar-refractivity contribution < 1.29 is 18.6 Å². The number of hydrogen-bond donors (Lipinski definition) is 3. The zero-order valence-electron chi connectivity index (χ0n) is 19.4. The van der Waals surface area contributed by atoms with Gasteiger partial charge in [0, 0.05) is 21.9 Å². The van der Waals surface area contributed by atoms with Gasteiger partial charge in [0.15, 0.2) is 0 Å². The summed E-state index contributed by atoms with van der Waals surface area (Å²) in [7, 11) is -3.91. The maximum atomic E-state index is 13.3. The molecule has 0 fully saturated rings. The van der Waals surface area contributed by atoms with E-state index >= 15 is 0 Å². The molecule has 0 amide bonds. The average molecular weight is 484 g/mol. The molecule has 0 saturated carbocycles. The Kier molecular flexibility index (Phi) is 5.61. The first kappa shape index (κ1) is 22.7. The number of anilines is 1. The minimum Gasteiger partial charge on any atom is -0.507 e. The first-order valence-corrected chi connectivity index (χ1v) is 12.8. The van der Waals surface area contributed by atoms with E-state index in [2.05, 4.69) is 18.6 Å². The molecule has 0 radical (unpaired) electrons. The molecule has 0 bridgehead atoms. The zero-order valence-corrected chi connectivity index (χ0v) is 20.2. The van der Waals surface area contributed by atoms with Gasteiger partial charge < -0.3 is 10.2 Å². The summed E-state index contributed by atoms with van der Waals surface area (Å²) in [6, 6.07) is 26.3. The average Bonchev–Trinajstić information content (AvgIpc) is 2.86. The maximum absolute atomic E-state index is 13.3. The quantitative estimate of drug-likeness (QED) is 0.235. The Hall–Kier alpha value is -4.03. The largest absolute Gasteiger partial charge is 0.507 e. The molecular weight excluding hydrogens is 458 g/mol. The van der Waals surface area contributed by atoms with Gasteiger partial charge in [0.25, 0.3) is 10.0 Å². The molecule has 5 aromatic rings. The molecule has 5 nitrogen and oxygen atoms in total. The second kappa shape index (κ2) is 8.64. The normalized spacial score (nSPS) is 11.9. The summed E-state index contributed by atoms with van der Waals surface area (Å²) in [4.78, 5) is 0.147. The Morgan fingerprint density at radius 3 is 2.06 bits per heavy atom. The van der Waals surface area contributed by atoms with E-state index in [1.165, 1.54) is 0 Å². The van der Waals surface area contributed by atoms with Crippen LogP contribution < -0.4 is 4.72 Å². The predicted octanol–water partition coefficient (Wildman–Crippen LogP) is 7.00. The van der Waals surface area contributed by atoms with Crippen LogP contribution in [0.15, 0.2) is 95.9 Å². The molecule has 0 aliphatic heterocycles. The van der Waals surface area contributed by atoms with Gasteiger partial charge in [-0.05, 0) is 46.5 Å². The molecule has 35 heavy (non-hydrogen) atoms. The highest BCUT2D eigenvalue weighted by molar-refractivity contribution is 7.92. The lowest BCUT2D eigenvalue weighted by molar-refractivity contribution is 0.472. The highest BCUT2D eigenvalue weighted by atomic mass is 32.2. The topological polar surface area (TPSA) is 86.6 Å². The third-order valence-corrected chi connectivity index (χ3v) is 7.68. The van der Waals surface area contributed by atoms with Gasteiger partial charge in [-0.15, -0.1) is 0 Å². The second-order valence-electron chi connectivity index (χ2n) is 8.88. The molecule has 0 spiro atoms. The molecule has 0 aromatic heterocycles. The fourth-order valence-electron chi connectivity index (χ4n) is 4.41. The van der Waals surface area contributed by atoms with Gasteiger partial charge in [-0.3, -0.25) is 4.72 Å². The van der Waals surface area contributed by atoms with Gasteiger partial charge in [-0.2, -0.15) is 0 Å². The van der Waals surface area contributed by atoms with Crippen molar-refractivity contribution in [2.45, 2.75) is 24.7 Å². The van der Waals surface area contributed by atoms with E-state index in [1.54, 1.807) is 54.6 Å². The van der Waals surface area contributed by atoms with Crippen molar-refractivity contribution in [3.8, 4) is 22.6 Å². The Bertz CT molecular complexity index is 1670. The van der Waals surface area contributed by atoms with Gasteiger partial charge in [-0.1, -0.05) is 80.6 Å². The van der Waals surface area contributed by atoms with E-state index in [-0.39, 0.29) is 22.3 Å². The molecule has 3 N–H and O–H groups in total. The SMILES string of the molecule is CC(C)c1ccc(S(=O)(=O)Nc2cc(-c3c(O)ccc4ccccc34)c(O)c3ccccc23)cc1. The molecule has 0 saturated heterocycles. The van der Waals surface area contributed by atoms with Crippen molar-refractivity contribution >= 4 is 37.3 Å². The summed E-state index contributed by atoms with van der Waals surface area (Å²) in [5.74, 6) is 0.250. The summed E-state index contributed by atoms with van der Waals surface area (Å²) in [5, 5.41) is 24.7. The first-order chi connectivity index (χ1) is 16.8. The summed E-state index contributed by atoms with van der Waals surface area (Å²) < 4.78 is 29.3. The number of aromatic hydroxyl groups is 2. The highest BCUT2D eigenvalue weighted by Gasteiger charge is 2.21. The smallest absolute Gasteiger partial charge is 0.261 e. The van der Waals surface area contributed by atoms with E-state index in [9.17, 15) is 18.6 Å². The molecule has 176 valence electrons. The molecule has 5 rings (SSSR count). The number of phenols is 2. The minimum atomic E-state index is -3.91. The van der Waals surface area contributed by atoms with Crippen molar-refractivity contribution in [1.29, 1.82) is 0 Å². The van der Waals surface area contributed by atoms with Crippen LogP contribution in [0.3, 0.4) is 0 Å². The fraction of sp³-hybridized carbons (Fsp3) is 0.103. The van der Waals surface area contributed by atoms with Crippen molar-refractivity contribution in [2.75, 3.05) is 4.72 Å². The van der Waals surface area contributed by atoms with Gasteiger partial charge in [0.1, 0.15) is 11.5 Å². The van der Waals surface area contributed by atoms with Crippen molar-refractivity contribution in [3.63, 3.8) is 0 Å². The number of hydrogen-bond acceptors (Lipinski definition) is 4. The Morgan fingerprint density at radius 2 is 1.37 bits per heavy atom. The van der Waals surface area contributed by atoms with Gasteiger partial charge in [0.2, 0.25) is 0 Å². The zero-order chi connectivity index (χ0) is 24.7. The van der Waals surface area contributed by atoms with Crippen LogP contribution in [0.5, 0.6) is 11.5 Å². The lowest BCUT2D eigenvalue weighted by Crippen LogP contribution is -2.13. The van der Waals surface area contributed by atoms with Crippen LogP contribution in [0.4, 0.5) is 5.69 Å². The second-order valence-corrected chi connectivity index (χ2v) is 10.6. The first-order valence-electron chi connectivity index (χ1n) is 11.3. The molecule has 0 aliphatic carbocycles. The van der Waals surface area contributed by atoms with Gasteiger partial charge in [0.05, 0.1) is 10.6 Å². The van der Waals surface area contributed by atoms with Crippen LogP contribution in [0.25, 0.3) is 32.7 Å². The lowest BCUT2D eigenvalue weighted by atomic mass is 9.93. The monoisotopic (exact) mass is 483 g/mol. The van der Waals surface area contributed by atoms with Crippen LogP contribution >= 0.6 is 0 Å². The van der Waals surface area contributed by atoms with Crippen LogP contribution in [0, 0.1) is 0 Å². The predicted molar refractivity (Wildman–Crippen MR) is 142 cm³/mol. The molecule has 0 unspecified atom stereocenters. The fourth-order valence-corrected chi connectivity index (χ4v) is 5.48. The Morgan fingerprint density at radius 1 is 0.743 bits per heavy atom. The number of phenolic OH excluding ortho intramolecular Hbond substituents is 2. The van der Waals surface area contributed by atoms with E-state index in [0.717, 1.165) is 16.3 Å². The van der Waals surface area contributed by atoms with Crippen molar-refractivity contribution in [3.05, 3.63) is 96.6 Å². The number of nitrogens with one attached hydrogen (secondary N) is 1. The van der Waals surface area contributed by atoms with Crippen LogP contribution in [-0.4, -0.2) is 18.6 Å². The summed E-state index contributed by atoms with van der Waals surface area (Å²) >= 11 is 0. The van der Waals surface area contributed by atoms with Gasteiger partial charge >= 0.3 is 0 Å². The standard InChI is InChI=1S/C29H25NO4S/c1-18(2)19-11-14-21(15-12-19)35(33,34)30-26-17-25(29(32)24-10-6-5-9-23(24)26)28-22-8-4-3-7-20(22)13-16-27(28)31/h3-18,30-32H,1-2H3. The molecule has 0 atom stereocenters. The van der Waals surface area contributed by atoms with Crippen LogP contribution in [-0.2, 0) is 10.0 Å². The van der Waals surface area contributed by atoms with E-state index in [4.69, 9.17) is 0 Å². The molecule has 5 aromatic carbocycles. The molecule has 6 heteroatoms. The lowest BCUT2D eigenvalue weighted by Gasteiger charge is -2.17. The summed E-state index contributed by atoms with van der Waals surface area (Å²) in [6.07, 6.45) is 0. The van der Waals surface area contributed by atoms with E-state index in [0.29, 0.717) is 27.6 Å². The minimum absolute atomic E-state index is 0.00707. The van der Waals surface area contributed by atoms with E-state index < -0.39 is 10.0 Å². The summed E-state index contributed by atoms with van der Waals surface area (Å²) in [6.45, 7) is 4.10. The number of benzene rings is 5. The molecule has 0 heterocycles. The van der Waals surface area contributed by atoms with E-state index in [1.807, 2.05) is 36.4 Å². The van der Waals surface area contributed by atoms with Gasteiger partial charge in [-0.25, -0.2) is 8.42 Å². The van der Waals surface area contributed by atoms with Crippen molar-refractivity contribution in [2.24, 2.45) is 0 Å². The summed E-state index contributed by atoms with van der Waals surface area (Å²) in [5.41, 5.74) is 2.14. The maximum Gasteiger partial charge on any atom is 0.261 e. The Balaban J connectivity index is 1.71.